The molecule has 2 amide bonds. The third kappa shape index (κ3) is 3.37. The highest BCUT2D eigenvalue weighted by molar-refractivity contribution is 5.77. The van der Waals surface area contributed by atoms with E-state index in [1.54, 1.807) is 0 Å². The number of likely N-dealkylation sites (tertiary alicyclic amines) is 3. The fraction of sp³-hybridized carbons (Fsp3) is 0.577. The number of H-pyrrole nitrogens is 1. The molecule has 5 heterocycles. The van der Waals surface area contributed by atoms with Crippen LogP contribution in [-0.4, -0.2) is 85.3 Å². The summed E-state index contributed by atoms with van der Waals surface area (Å²) in [6.45, 7) is 6.12. The molecule has 36 heavy (non-hydrogen) atoms. The highest BCUT2D eigenvalue weighted by Gasteiger charge is 2.58. The number of urea groups is 1. The van der Waals surface area contributed by atoms with E-state index in [0.717, 1.165) is 69.3 Å². The zero-order valence-electron chi connectivity index (χ0n) is 20.3. The van der Waals surface area contributed by atoms with Gasteiger partial charge in [0.05, 0.1) is 6.54 Å². The van der Waals surface area contributed by atoms with E-state index in [4.69, 9.17) is 4.52 Å². The fourth-order valence-corrected chi connectivity index (χ4v) is 6.88. The van der Waals surface area contributed by atoms with Gasteiger partial charge in [0, 0.05) is 67.5 Å². The van der Waals surface area contributed by atoms with Crippen LogP contribution in [0, 0.1) is 10.8 Å². The van der Waals surface area contributed by atoms with Gasteiger partial charge >= 0.3 is 6.03 Å². The number of hydrogen-bond donors (Lipinski definition) is 1. The highest BCUT2D eigenvalue weighted by atomic mass is 16.5. The van der Waals surface area contributed by atoms with Crippen molar-refractivity contribution in [1.82, 2.24) is 40.0 Å². The summed E-state index contributed by atoms with van der Waals surface area (Å²) in [7, 11) is 0. The number of amides is 2. The number of carbonyl (C=O) groups is 1. The van der Waals surface area contributed by atoms with Gasteiger partial charge in [-0.25, -0.2) is 4.79 Å². The summed E-state index contributed by atoms with van der Waals surface area (Å²) in [6.07, 6.45) is 4.72. The van der Waals surface area contributed by atoms with Gasteiger partial charge in [-0.2, -0.15) is 4.98 Å². The topological polar surface area (TPSA) is 107 Å². The van der Waals surface area contributed by atoms with E-state index in [0.29, 0.717) is 35.5 Å². The monoisotopic (exact) mass is 486 g/mol. The minimum atomic E-state index is 0.216. The number of benzene rings is 1. The lowest BCUT2D eigenvalue weighted by Gasteiger charge is -2.63. The van der Waals surface area contributed by atoms with Crippen LogP contribution in [0.1, 0.15) is 55.1 Å². The Hall–Kier alpha value is -3.27. The standard InChI is InChI=1S/C26H30N8O2/c35-24(33-13-25(14-33)8-19(9-25)22-28-21(29-30-22)18-6-7-18)34-15-26(16-34)11-32(12-26)10-20-27-23(31-36-20)17-4-2-1-3-5-17/h1-5,18-19H,6-16H2,(H,28,29,30). The molecule has 0 bridgehead atoms. The van der Waals surface area contributed by atoms with Crippen LogP contribution >= 0.6 is 0 Å². The molecule has 3 saturated heterocycles. The van der Waals surface area contributed by atoms with E-state index >= 15 is 0 Å². The van der Waals surface area contributed by atoms with Gasteiger partial charge < -0.3 is 19.3 Å². The molecule has 10 nitrogen and oxygen atoms in total. The van der Waals surface area contributed by atoms with Crippen molar-refractivity contribution in [2.45, 2.75) is 44.1 Å². The second-order valence-electron chi connectivity index (χ2n) is 12.0. The van der Waals surface area contributed by atoms with Crippen LogP contribution in [0.25, 0.3) is 11.4 Å². The van der Waals surface area contributed by atoms with Crippen LogP contribution in [0.3, 0.4) is 0 Å². The largest absolute Gasteiger partial charge is 0.338 e. The molecule has 3 aromatic rings. The second kappa shape index (κ2) is 7.38. The lowest BCUT2D eigenvalue weighted by molar-refractivity contribution is -0.118. The van der Waals surface area contributed by atoms with Gasteiger partial charge in [0.25, 0.3) is 0 Å². The Bertz CT molecular complexity index is 1290. The molecule has 10 heteroatoms. The van der Waals surface area contributed by atoms with E-state index in [-0.39, 0.29) is 11.4 Å². The summed E-state index contributed by atoms with van der Waals surface area (Å²) in [5.41, 5.74) is 1.52. The number of nitrogens with one attached hydrogen (secondary N) is 1. The minimum absolute atomic E-state index is 0.216. The predicted octanol–water partition coefficient (Wildman–Crippen LogP) is 2.85. The van der Waals surface area contributed by atoms with Crippen LogP contribution < -0.4 is 0 Å². The first kappa shape index (κ1) is 20.9. The Morgan fingerprint density at radius 2 is 1.58 bits per heavy atom. The average molecular weight is 487 g/mol. The maximum atomic E-state index is 13.0. The van der Waals surface area contributed by atoms with Crippen molar-refractivity contribution < 1.29 is 9.32 Å². The second-order valence-corrected chi connectivity index (χ2v) is 12.0. The van der Waals surface area contributed by atoms with Gasteiger partial charge in [-0.15, -0.1) is 10.2 Å². The molecule has 8 rings (SSSR count). The maximum Gasteiger partial charge on any atom is 0.320 e. The molecule has 0 unspecified atom stereocenters. The van der Waals surface area contributed by atoms with E-state index in [2.05, 4.69) is 30.2 Å². The van der Waals surface area contributed by atoms with Gasteiger partial charge in [0.1, 0.15) is 11.6 Å². The number of aromatic amines is 1. The highest BCUT2D eigenvalue weighted by Crippen LogP contribution is 2.56. The summed E-state index contributed by atoms with van der Waals surface area (Å²) in [6, 6.07) is 10.1. The van der Waals surface area contributed by atoms with Crippen molar-refractivity contribution in [3.8, 4) is 11.4 Å². The molecule has 0 radical (unpaired) electrons. The van der Waals surface area contributed by atoms with Gasteiger partial charge in [-0.1, -0.05) is 35.5 Å². The van der Waals surface area contributed by atoms with Crippen molar-refractivity contribution in [1.29, 1.82) is 0 Å². The SMILES string of the molecule is O=C(N1CC2(CC(c3nnc(C4CC4)[nH]3)C2)C1)N1CC2(CN(Cc3nc(-c4ccccc4)no3)C2)C1. The van der Waals surface area contributed by atoms with Crippen LogP contribution in [0.5, 0.6) is 0 Å². The molecule has 2 saturated carbocycles. The summed E-state index contributed by atoms with van der Waals surface area (Å²) in [5, 5.41) is 12.8. The first-order chi connectivity index (χ1) is 17.6. The minimum Gasteiger partial charge on any atom is -0.338 e. The zero-order chi connectivity index (χ0) is 23.9. The first-order valence-electron chi connectivity index (χ1n) is 13.1. The lowest BCUT2D eigenvalue weighted by atomic mass is 9.57. The fourth-order valence-electron chi connectivity index (χ4n) is 6.88. The smallest absolute Gasteiger partial charge is 0.320 e. The zero-order valence-corrected chi connectivity index (χ0v) is 20.3. The van der Waals surface area contributed by atoms with Crippen LogP contribution in [0.4, 0.5) is 4.79 Å². The van der Waals surface area contributed by atoms with Gasteiger partial charge in [-0.3, -0.25) is 4.90 Å². The Morgan fingerprint density at radius 3 is 2.28 bits per heavy atom. The molecule has 5 aliphatic rings. The summed E-state index contributed by atoms with van der Waals surface area (Å²) in [5.74, 6) is 4.52. The number of carbonyl (C=O) groups excluding carboxylic acids is 1. The van der Waals surface area contributed by atoms with Crippen LogP contribution in [0.2, 0.25) is 0 Å². The van der Waals surface area contributed by atoms with Crippen LogP contribution in [0.15, 0.2) is 34.9 Å². The normalized spacial score (nSPS) is 24.3. The third-order valence-corrected chi connectivity index (χ3v) is 8.85. The Morgan fingerprint density at radius 1 is 0.917 bits per heavy atom. The van der Waals surface area contributed by atoms with E-state index in [1.807, 2.05) is 40.1 Å². The van der Waals surface area contributed by atoms with Gasteiger partial charge in [-0.05, 0) is 25.7 Å². The summed E-state index contributed by atoms with van der Waals surface area (Å²) < 4.78 is 5.46. The molecule has 2 spiro atoms. The van der Waals surface area contributed by atoms with Crippen molar-refractivity contribution in [3.63, 3.8) is 0 Å². The first-order valence-corrected chi connectivity index (χ1v) is 13.1. The molecule has 3 aliphatic heterocycles. The van der Waals surface area contributed by atoms with E-state index in [1.165, 1.54) is 12.8 Å². The molecule has 2 aromatic heterocycles. The molecule has 1 N–H and O–H groups in total. The predicted molar refractivity (Wildman–Crippen MR) is 129 cm³/mol. The van der Waals surface area contributed by atoms with E-state index < -0.39 is 0 Å². The molecule has 0 atom stereocenters. The van der Waals surface area contributed by atoms with Crippen molar-refractivity contribution >= 4 is 6.03 Å². The number of rotatable bonds is 5. The van der Waals surface area contributed by atoms with Gasteiger partial charge in [0.2, 0.25) is 11.7 Å². The third-order valence-electron chi connectivity index (χ3n) is 8.85. The Kier molecular flexibility index (Phi) is 4.28. The molecule has 5 fully saturated rings. The van der Waals surface area contributed by atoms with E-state index in [9.17, 15) is 4.79 Å². The van der Waals surface area contributed by atoms with Gasteiger partial charge in [0.15, 0.2) is 0 Å². The molecule has 2 aliphatic carbocycles. The Balaban J connectivity index is 0.782. The van der Waals surface area contributed by atoms with Crippen molar-refractivity contribution in [3.05, 3.63) is 47.9 Å². The average Bonchev–Trinajstić information content (AvgIpc) is 3.33. The summed E-state index contributed by atoms with van der Waals surface area (Å²) >= 11 is 0. The van der Waals surface area contributed by atoms with Crippen LogP contribution in [-0.2, 0) is 6.54 Å². The number of hydrogen-bond acceptors (Lipinski definition) is 7. The number of aromatic nitrogens is 5. The molecule has 186 valence electrons. The number of nitrogens with zero attached hydrogens (tertiary/aromatic N) is 7. The summed E-state index contributed by atoms with van der Waals surface area (Å²) in [4.78, 5) is 27.4. The van der Waals surface area contributed by atoms with Crippen molar-refractivity contribution in [2.24, 2.45) is 10.8 Å². The Labute approximate surface area is 209 Å². The molecular formula is C26H30N8O2. The van der Waals surface area contributed by atoms with Crippen molar-refractivity contribution in [2.75, 3.05) is 39.3 Å². The molecular weight excluding hydrogens is 456 g/mol. The maximum absolute atomic E-state index is 13.0. The lowest BCUT2D eigenvalue weighted by Crippen LogP contribution is -2.75. The quantitative estimate of drug-likeness (QED) is 0.591. The molecule has 1 aromatic carbocycles.